The molecule has 1 saturated carbocycles. The van der Waals surface area contributed by atoms with E-state index >= 15 is 0 Å². The lowest BCUT2D eigenvalue weighted by Gasteiger charge is -2.04. The van der Waals surface area contributed by atoms with Crippen LogP contribution in [0.5, 0.6) is 0 Å². The first kappa shape index (κ1) is 12.4. The molecular formula is C9H12ClN5OS. The van der Waals surface area contributed by atoms with Crippen molar-refractivity contribution in [3.05, 3.63) is 5.28 Å². The van der Waals surface area contributed by atoms with Gasteiger partial charge in [-0.3, -0.25) is 4.79 Å². The van der Waals surface area contributed by atoms with E-state index in [1.807, 2.05) is 0 Å². The Hall–Kier alpha value is -1.08. The predicted octanol–water partition coefficient (Wildman–Crippen LogP) is 0.937. The van der Waals surface area contributed by atoms with Gasteiger partial charge in [-0.05, 0) is 24.4 Å². The number of rotatable bonds is 5. The summed E-state index contributed by atoms with van der Waals surface area (Å²) < 4.78 is 0. The van der Waals surface area contributed by atoms with Crippen LogP contribution < -0.4 is 10.6 Å². The number of aromatic nitrogens is 3. The Balaban J connectivity index is 1.88. The van der Waals surface area contributed by atoms with Crippen molar-refractivity contribution in [2.45, 2.75) is 24.0 Å². The topological polar surface area (TPSA) is 79.8 Å². The van der Waals surface area contributed by atoms with Crippen LogP contribution in [-0.2, 0) is 4.79 Å². The average molecular weight is 274 g/mol. The molecule has 0 radical (unpaired) electrons. The lowest BCUT2D eigenvalue weighted by Crippen LogP contribution is -2.27. The molecular weight excluding hydrogens is 262 g/mol. The number of nitrogens with one attached hydrogen (secondary N) is 2. The van der Waals surface area contributed by atoms with Crippen molar-refractivity contribution in [1.29, 1.82) is 0 Å². The molecule has 0 aromatic carbocycles. The number of carbonyl (C=O) groups is 1. The maximum Gasteiger partial charge on any atom is 0.230 e. The maximum absolute atomic E-state index is 11.5. The zero-order valence-corrected chi connectivity index (χ0v) is 10.8. The maximum atomic E-state index is 11.5. The summed E-state index contributed by atoms with van der Waals surface area (Å²) >= 11 is 6.97. The van der Waals surface area contributed by atoms with Crippen molar-refractivity contribution in [2.24, 2.45) is 0 Å². The number of carbonyl (C=O) groups excluding carboxylic acids is 1. The average Bonchev–Trinajstić information content (AvgIpc) is 3.09. The zero-order chi connectivity index (χ0) is 12.3. The Morgan fingerprint density at radius 3 is 2.88 bits per heavy atom. The first-order valence-corrected chi connectivity index (χ1v) is 6.55. The Morgan fingerprint density at radius 1 is 1.47 bits per heavy atom. The number of hydrogen-bond acceptors (Lipinski definition) is 6. The molecule has 0 bridgehead atoms. The highest BCUT2D eigenvalue weighted by molar-refractivity contribution is 7.99. The second kappa shape index (κ2) is 5.50. The minimum absolute atomic E-state index is 0.0000392. The lowest BCUT2D eigenvalue weighted by molar-refractivity contribution is -0.118. The van der Waals surface area contributed by atoms with E-state index < -0.39 is 0 Å². The summed E-state index contributed by atoms with van der Waals surface area (Å²) in [6.07, 6.45) is 2.16. The summed E-state index contributed by atoms with van der Waals surface area (Å²) in [5.41, 5.74) is 0. The number of halogens is 1. The Morgan fingerprint density at radius 2 is 2.24 bits per heavy atom. The molecule has 0 saturated heterocycles. The highest BCUT2D eigenvalue weighted by Crippen LogP contribution is 2.20. The predicted molar refractivity (Wildman–Crippen MR) is 66.3 cm³/mol. The summed E-state index contributed by atoms with van der Waals surface area (Å²) in [6.45, 7) is 0. The highest BCUT2D eigenvalue weighted by atomic mass is 35.5. The van der Waals surface area contributed by atoms with Gasteiger partial charge in [0.1, 0.15) is 0 Å². The fourth-order valence-corrected chi connectivity index (χ4v) is 1.99. The molecule has 1 amide bonds. The molecule has 92 valence electrons. The molecule has 0 atom stereocenters. The van der Waals surface area contributed by atoms with Crippen LogP contribution in [0.1, 0.15) is 12.8 Å². The second-order valence-electron chi connectivity index (χ2n) is 3.59. The van der Waals surface area contributed by atoms with E-state index in [2.05, 4.69) is 25.6 Å². The number of nitrogens with zero attached hydrogens (tertiary/aromatic N) is 3. The number of hydrogen-bond donors (Lipinski definition) is 2. The van der Waals surface area contributed by atoms with Crippen LogP contribution in [0.25, 0.3) is 0 Å². The first-order valence-electron chi connectivity index (χ1n) is 5.19. The molecule has 1 aromatic rings. The standard InChI is InChI=1S/C9H12ClN5OS/c1-11-8-13-7(10)14-9(15-8)17-4-6(16)12-5-2-3-5/h5H,2-4H2,1H3,(H,12,16)(H,11,13,14,15). The van der Waals surface area contributed by atoms with E-state index in [-0.39, 0.29) is 11.2 Å². The van der Waals surface area contributed by atoms with Gasteiger partial charge in [-0.1, -0.05) is 11.8 Å². The van der Waals surface area contributed by atoms with Gasteiger partial charge in [0.2, 0.25) is 17.1 Å². The third-order valence-electron chi connectivity index (χ3n) is 2.09. The van der Waals surface area contributed by atoms with Crippen molar-refractivity contribution in [3.63, 3.8) is 0 Å². The molecule has 1 aliphatic carbocycles. The van der Waals surface area contributed by atoms with E-state index in [0.717, 1.165) is 12.8 Å². The largest absolute Gasteiger partial charge is 0.357 e. The second-order valence-corrected chi connectivity index (χ2v) is 4.87. The smallest absolute Gasteiger partial charge is 0.230 e. The molecule has 17 heavy (non-hydrogen) atoms. The third-order valence-corrected chi connectivity index (χ3v) is 3.10. The fourth-order valence-electron chi connectivity index (χ4n) is 1.14. The normalized spacial score (nSPS) is 14.5. The fraction of sp³-hybridized carbons (Fsp3) is 0.556. The van der Waals surface area contributed by atoms with Gasteiger partial charge in [0, 0.05) is 13.1 Å². The summed E-state index contributed by atoms with van der Waals surface area (Å²) in [5.74, 6) is 0.690. The molecule has 6 nitrogen and oxygen atoms in total. The minimum Gasteiger partial charge on any atom is -0.357 e. The van der Waals surface area contributed by atoms with Gasteiger partial charge in [0.15, 0.2) is 5.16 Å². The van der Waals surface area contributed by atoms with Gasteiger partial charge in [-0.25, -0.2) is 0 Å². The van der Waals surface area contributed by atoms with Gasteiger partial charge in [0.25, 0.3) is 0 Å². The van der Waals surface area contributed by atoms with E-state index in [1.165, 1.54) is 11.8 Å². The van der Waals surface area contributed by atoms with Crippen LogP contribution in [0.4, 0.5) is 5.95 Å². The lowest BCUT2D eigenvalue weighted by atomic mass is 10.6. The molecule has 1 aliphatic rings. The Kier molecular flexibility index (Phi) is 4.01. The molecule has 0 spiro atoms. The minimum atomic E-state index is 0.0000392. The van der Waals surface area contributed by atoms with Crippen molar-refractivity contribution >= 4 is 35.2 Å². The van der Waals surface area contributed by atoms with Crippen molar-refractivity contribution in [1.82, 2.24) is 20.3 Å². The molecule has 0 aliphatic heterocycles. The molecule has 1 fully saturated rings. The summed E-state index contributed by atoms with van der Waals surface area (Å²) in [4.78, 5) is 23.3. The zero-order valence-electron chi connectivity index (χ0n) is 9.23. The molecule has 0 unspecified atom stereocenters. The van der Waals surface area contributed by atoms with Crippen LogP contribution in [0.3, 0.4) is 0 Å². The van der Waals surface area contributed by atoms with Crippen LogP contribution >= 0.6 is 23.4 Å². The van der Waals surface area contributed by atoms with Gasteiger partial charge < -0.3 is 10.6 Å². The number of amides is 1. The van der Waals surface area contributed by atoms with Crippen LogP contribution in [0, 0.1) is 0 Å². The van der Waals surface area contributed by atoms with E-state index in [4.69, 9.17) is 11.6 Å². The van der Waals surface area contributed by atoms with Crippen LogP contribution in [0.2, 0.25) is 5.28 Å². The number of anilines is 1. The van der Waals surface area contributed by atoms with Crippen molar-refractivity contribution < 1.29 is 4.79 Å². The van der Waals surface area contributed by atoms with Crippen molar-refractivity contribution in [2.75, 3.05) is 18.1 Å². The van der Waals surface area contributed by atoms with Gasteiger partial charge in [-0.15, -0.1) is 0 Å². The van der Waals surface area contributed by atoms with E-state index in [0.29, 0.717) is 22.9 Å². The van der Waals surface area contributed by atoms with Gasteiger partial charge >= 0.3 is 0 Å². The van der Waals surface area contributed by atoms with Crippen LogP contribution in [0.15, 0.2) is 5.16 Å². The Labute approximate surface area is 108 Å². The molecule has 1 aromatic heterocycles. The van der Waals surface area contributed by atoms with E-state index in [1.54, 1.807) is 7.05 Å². The molecule has 1 heterocycles. The van der Waals surface area contributed by atoms with E-state index in [9.17, 15) is 4.79 Å². The SMILES string of the molecule is CNc1nc(Cl)nc(SCC(=O)NC2CC2)n1. The van der Waals surface area contributed by atoms with Crippen molar-refractivity contribution in [3.8, 4) is 0 Å². The third kappa shape index (κ3) is 4.01. The first-order chi connectivity index (χ1) is 8.17. The number of thioether (sulfide) groups is 1. The highest BCUT2D eigenvalue weighted by Gasteiger charge is 2.23. The summed E-state index contributed by atoms with van der Waals surface area (Å²) in [6, 6.07) is 0.373. The van der Waals surface area contributed by atoms with Gasteiger partial charge in [0.05, 0.1) is 5.75 Å². The Bertz CT molecular complexity index is 426. The monoisotopic (exact) mass is 273 g/mol. The molecule has 2 N–H and O–H groups in total. The quantitative estimate of drug-likeness (QED) is 0.777. The molecule has 8 heteroatoms. The summed E-state index contributed by atoms with van der Waals surface area (Å²) in [5, 5.41) is 6.23. The van der Waals surface area contributed by atoms with Crippen LogP contribution in [-0.4, -0.2) is 39.7 Å². The molecule has 2 rings (SSSR count). The van der Waals surface area contributed by atoms with Gasteiger partial charge in [-0.2, -0.15) is 15.0 Å². The summed E-state index contributed by atoms with van der Waals surface area (Å²) in [7, 11) is 1.69.